The molecule has 0 radical (unpaired) electrons. The van der Waals surface area contributed by atoms with E-state index < -0.39 is 6.03 Å². The first kappa shape index (κ1) is 19.5. The smallest absolute Gasteiger partial charge is 0.316 e. The van der Waals surface area contributed by atoms with Crippen LogP contribution in [0.5, 0.6) is 0 Å². The summed E-state index contributed by atoms with van der Waals surface area (Å²) < 4.78 is 0. The highest BCUT2D eigenvalue weighted by Gasteiger charge is 2.12. The third kappa shape index (κ3) is 5.30. The van der Waals surface area contributed by atoms with E-state index >= 15 is 0 Å². The van der Waals surface area contributed by atoms with Crippen LogP contribution < -0.4 is 11.1 Å². The molecule has 130 valence electrons. The zero-order valence-corrected chi connectivity index (χ0v) is 15.3. The molecule has 1 atom stereocenters. The zero-order valence-electron chi connectivity index (χ0n) is 15.3. The van der Waals surface area contributed by atoms with Gasteiger partial charge in [-0.3, -0.25) is 15.0 Å². The monoisotopic (exact) mass is 329 g/mol. The number of nitrogens with two attached hydrogens (primary N) is 1. The summed E-state index contributed by atoms with van der Waals surface area (Å²) in [6, 6.07) is 1.37. The third-order valence-electron chi connectivity index (χ3n) is 3.90. The number of nitrogens with one attached hydrogen (secondary N) is 1. The molecule has 6 heteroatoms. The molecule has 0 aromatic carbocycles. The molecule has 0 aliphatic heterocycles. The molecule has 1 heterocycles. The van der Waals surface area contributed by atoms with Crippen molar-refractivity contribution in [1.82, 2.24) is 10.3 Å². The van der Waals surface area contributed by atoms with Gasteiger partial charge in [0.25, 0.3) is 0 Å². The molecule has 2 amide bonds. The summed E-state index contributed by atoms with van der Waals surface area (Å²) >= 11 is 0. The average molecular weight is 329 g/mol. The lowest BCUT2D eigenvalue weighted by atomic mass is 10.0. The largest absolute Gasteiger partial charge is 0.351 e. The Balaban J connectivity index is 3.25. The predicted octanol–water partition coefficient (Wildman–Crippen LogP) is 3.52. The number of carbonyl (C=O) groups is 1. The molecular weight excluding hydrogens is 302 g/mol. The second kappa shape index (κ2) is 8.96. The summed E-state index contributed by atoms with van der Waals surface area (Å²) in [5, 5.41) is 2.59. The lowest BCUT2D eigenvalue weighted by molar-refractivity contribution is 0.251. The Morgan fingerprint density at radius 3 is 2.67 bits per heavy atom. The van der Waals surface area contributed by atoms with Gasteiger partial charge in [-0.25, -0.2) is 4.79 Å². The summed E-state index contributed by atoms with van der Waals surface area (Å²) in [6.45, 7) is 9.85. The Hall–Kier alpha value is -2.50. The van der Waals surface area contributed by atoms with Crippen LogP contribution in [0.3, 0.4) is 0 Å². The number of carbonyl (C=O) groups excluding carboxylic acids is 1. The Kier molecular flexibility index (Phi) is 7.30. The number of hydrogen-bond donors (Lipinski definition) is 2. The van der Waals surface area contributed by atoms with Gasteiger partial charge in [0.05, 0.1) is 17.1 Å². The molecular formula is C18H27N5O. The van der Waals surface area contributed by atoms with Crippen LogP contribution in [-0.2, 0) is 0 Å². The van der Waals surface area contributed by atoms with Gasteiger partial charge in [-0.1, -0.05) is 13.8 Å². The van der Waals surface area contributed by atoms with Gasteiger partial charge < -0.3 is 11.1 Å². The van der Waals surface area contributed by atoms with Crippen LogP contribution in [0.2, 0.25) is 0 Å². The normalized spacial score (nSPS) is 14.5. The summed E-state index contributed by atoms with van der Waals surface area (Å²) in [4.78, 5) is 24.4. The minimum absolute atomic E-state index is 0.413. The van der Waals surface area contributed by atoms with E-state index in [9.17, 15) is 4.79 Å². The zero-order chi connectivity index (χ0) is 18.3. The number of rotatable bonds is 6. The van der Waals surface area contributed by atoms with E-state index in [1.807, 2.05) is 26.1 Å². The lowest BCUT2D eigenvalue weighted by Gasteiger charge is -2.12. The van der Waals surface area contributed by atoms with E-state index in [2.05, 4.69) is 34.1 Å². The van der Waals surface area contributed by atoms with Crippen LogP contribution >= 0.6 is 0 Å². The molecule has 0 fully saturated rings. The highest BCUT2D eigenvalue weighted by Crippen LogP contribution is 2.21. The van der Waals surface area contributed by atoms with E-state index in [0.29, 0.717) is 11.6 Å². The summed E-state index contributed by atoms with van der Waals surface area (Å²) in [5.41, 5.74) is 9.95. The molecule has 0 aliphatic rings. The number of urea groups is 1. The second-order valence-electron chi connectivity index (χ2n) is 5.80. The molecule has 0 saturated heterocycles. The molecule has 24 heavy (non-hydrogen) atoms. The van der Waals surface area contributed by atoms with Crippen LogP contribution in [0.1, 0.15) is 45.4 Å². The fourth-order valence-corrected chi connectivity index (χ4v) is 2.06. The quantitative estimate of drug-likeness (QED) is 0.781. The standard InChI is InChI=1S/C18H27N5O/c1-7-11(2)9-22-16-8-15(10-21-14(16)5)17(20-6)12(3)13(4)23-18(19)24/h8-11H,7H2,1-6H3,(H3,19,23,24)/b13-12+,20-17+,22-9-. The topological polar surface area (TPSA) is 92.7 Å². The molecule has 0 spiro atoms. The number of pyridine rings is 1. The number of nitrogens with zero attached hydrogens (tertiary/aromatic N) is 3. The summed E-state index contributed by atoms with van der Waals surface area (Å²) in [6.07, 6.45) is 4.75. The number of amides is 2. The van der Waals surface area contributed by atoms with Crippen molar-refractivity contribution in [3.8, 4) is 0 Å². The fraction of sp³-hybridized carbons (Fsp3) is 0.444. The van der Waals surface area contributed by atoms with E-state index in [1.54, 1.807) is 20.2 Å². The maximum atomic E-state index is 11.0. The van der Waals surface area contributed by atoms with Crippen molar-refractivity contribution in [2.45, 2.75) is 41.0 Å². The molecule has 1 aromatic heterocycles. The highest BCUT2D eigenvalue weighted by molar-refractivity contribution is 6.13. The molecule has 0 bridgehead atoms. The number of aryl methyl sites for hydroxylation is 1. The van der Waals surface area contributed by atoms with Crippen LogP contribution in [0, 0.1) is 12.8 Å². The number of allylic oxidation sites excluding steroid dienone is 2. The first-order valence-corrected chi connectivity index (χ1v) is 8.02. The van der Waals surface area contributed by atoms with E-state index in [0.717, 1.165) is 34.7 Å². The number of primary amides is 1. The Bertz CT molecular complexity index is 689. The Morgan fingerprint density at radius 2 is 2.12 bits per heavy atom. The summed E-state index contributed by atoms with van der Waals surface area (Å²) in [5.74, 6) is 0.413. The first-order chi connectivity index (χ1) is 11.3. The van der Waals surface area contributed by atoms with Gasteiger partial charge in [0.2, 0.25) is 0 Å². The van der Waals surface area contributed by atoms with Crippen LogP contribution in [-0.4, -0.2) is 30.0 Å². The van der Waals surface area contributed by atoms with Gasteiger partial charge in [0.15, 0.2) is 0 Å². The van der Waals surface area contributed by atoms with Gasteiger partial charge in [0.1, 0.15) is 0 Å². The average Bonchev–Trinajstić information content (AvgIpc) is 2.54. The van der Waals surface area contributed by atoms with Crippen molar-refractivity contribution in [1.29, 1.82) is 0 Å². The molecule has 1 unspecified atom stereocenters. The Labute approximate surface area is 144 Å². The van der Waals surface area contributed by atoms with Crippen molar-refractivity contribution in [3.05, 3.63) is 34.8 Å². The van der Waals surface area contributed by atoms with E-state index in [4.69, 9.17) is 5.73 Å². The number of hydrogen-bond acceptors (Lipinski definition) is 4. The number of aliphatic imine (C=N–C) groups is 2. The van der Waals surface area contributed by atoms with Crippen LogP contribution in [0.15, 0.2) is 33.5 Å². The fourth-order valence-electron chi connectivity index (χ4n) is 2.06. The number of aromatic nitrogens is 1. The maximum Gasteiger partial charge on any atom is 0.316 e. The minimum atomic E-state index is -0.594. The molecule has 0 saturated carbocycles. The predicted molar refractivity (Wildman–Crippen MR) is 100 cm³/mol. The lowest BCUT2D eigenvalue weighted by Crippen LogP contribution is -2.29. The first-order valence-electron chi connectivity index (χ1n) is 8.02. The molecule has 1 rings (SSSR count). The summed E-state index contributed by atoms with van der Waals surface area (Å²) in [7, 11) is 1.71. The molecule has 6 nitrogen and oxygen atoms in total. The van der Waals surface area contributed by atoms with Crippen molar-refractivity contribution in [3.63, 3.8) is 0 Å². The molecule has 3 N–H and O–H groups in total. The minimum Gasteiger partial charge on any atom is -0.351 e. The van der Waals surface area contributed by atoms with Gasteiger partial charge in [-0.05, 0) is 44.7 Å². The Morgan fingerprint density at radius 1 is 1.46 bits per heavy atom. The van der Waals surface area contributed by atoms with Gasteiger partial charge in [-0.2, -0.15) is 0 Å². The van der Waals surface area contributed by atoms with E-state index in [-0.39, 0.29) is 0 Å². The van der Waals surface area contributed by atoms with Gasteiger partial charge >= 0.3 is 6.03 Å². The van der Waals surface area contributed by atoms with E-state index in [1.165, 1.54) is 0 Å². The second-order valence-corrected chi connectivity index (χ2v) is 5.80. The van der Waals surface area contributed by atoms with Crippen molar-refractivity contribution in [2.75, 3.05) is 7.05 Å². The third-order valence-corrected chi connectivity index (χ3v) is 3.90. The SMILES string of the molecule is CCC(C)/C=N\c1cc(C(=N/C)/C(C)=C(\C)NC(N)=O)cnc1C. The van der Waals surface area contributed by atoms with Crippen molar-refractivity contribution in [2.24, 2.45) is 21.6 Å². The maximum absolute atomic E-state index is 11.0. The van der Waals surface area contributed by atoms with Gasteiger partial charge in [0, 0.05) is 30.7 Å². The van der Waals surface area contributed by atoms with Gasteiger partial charge in [-0.15, -0.1) is 0 Å². The molecule has 1 aromatic rings. The molecule has 0 aliphatic carbocycles. The van der Waals surface area contributed by atoms with Crippen LogP contribution in [0.4, 0.5) is 10.5 Å². The van der Waals surface area contributed by atoms with Crippen molar-refractivity contribution >= 4 is 23.6 Å². The van der Waals surface area contributed by atoms with Crippen molar-refractivity contribution < 1.29 is 4.79 Å². The van der Waals surface area contributed by atoms with Crippen LogP contribution in [0.25, 0.3) is 0 Å². The highest BCUT2D eigenvalue weighted by atomic mass is 16.2.